The number of hydrogen-bond acceptors (Lipinski definition) is 1. The summed E-state index contributed by atoms with van der Waals surface area (Å²) in [5, 5.41) is 10.9. The minimum atomic E-state index is -1.27. The zero-order chi connectivity index (χ0) is 14.4. The smallest absolute Gasteiger partial charge is 0.0930 e. The molecule has 2 heteroatoms. The molecular weight excluding hydrogens is 248 g/mol. The maximum absolute atomic E-state index is 11.5. The zero-order valence-electron chi connectivity index (χ0n) is 13.1. The molecule has 0 bridgehead atoms. The van der Waals surface area contributed by atoms with Gasteiger partial charge in [0.05, 0.1) is 14.0 Å². The second kappa shape index (κ2) is 4.91. The van der Waals surface area contributed by atoms with Crippen molar-refractivity contribution in [1.29, 1.82) is 0 Å². The van der Waals surface area contributed by atoms with Gasteiger partial charge in [-0.15, -0.1) is 0 Å². The average Bonchev–Trinajstić information content (AvgIpc) is 2.80. The molecule has 1 nitrogen and oxygen atoms in total. The van der Waals surface area contributed by atoms with Gasteiger partial charge in [0.15, 0.2) is 0 Å². The Bertz CT molecular complexity index is 487. The summed E-state index contributed by atoms with van der Waals surface area (Å²) >= 11 is 0. The lowest BCUT2D eigenvalue weighted by Crippen LogP contribution is -2.46. The van der Waals surface area contributed by atoms with E-state index in [0.29, 0.717) is 0 Å². The first kappa shape index (κ1) is 14.5. The van der Waals surface area contributed by atoms with E-state index in [2.05, 4.69) is 52.9 Å². The van der Waals surface area contributed by atoms with Crippen molar-refractivity contribution in [3.05, 3.63) is 45.6 Å². The van der Waals surface area contributed by atoms with Crippen molar-refractivity contribution >= 4 is 8.80 Å². The van der Waals surface area contributed by atoms with Gasteiger partial charge in [-0.1, -0.05) is 36.4 Å². The van der Waals surface area contributed by atoms with Crippen molar-refractivity contribution in [3.63, 3.8) is 0 Å². The quantitative estimate of drug-likeness (QED) is 0.769. The highest BCUT2D eigenvalue weighted by molar-refractivity contribution is 6.61. The van der Waals surface area contributed by atoms with Gasteiger partial charge in [0.25, 0.3) is 0 Å². The van der Waals surface area contributed by atoms with Gasteiger partial charge < -0.3 is 5.11 Å². The van der Waals surface area contributed by atoms with Crippen LogP contribution in [0.3, 0.4) is 0 Å². The second-order valence-corrected chi connectivity index (χ2v) is 9.72. The summed E-state index contributed by atoms with van der Waals surface area (Å²) in [5.74, 6) is 0. The first-order chi connectivity index (χ1) is 8.76. The Hall–Kier alpha value is -0.863. The Kier molecular flexibility index (Phi) is 3.76. The monoisotopic (exact) mass is 274 g/mol. The van der Waals surface area contributed by atoms with Gasteiger partial charge in [-0.3, -0.25) is 0 Å². The molecule has 1 N–H and O–H groups in total. The van der Waals surface area contributed by atoms with Crippen LogP contribution in [0.15, 0.2) is 45.6 Å². The minimum Gasteiger partial charge on any atom is -0.385 e. The minimum absolute atomic E-state index is 0.642. The van der Waals surface area contributed by atoms with Crippen molar-refractivity contribution in [1.82, 2.24) is 0 Å². The van der Waals surface area contributed by atoms with Crippen molar-refractivity contribution in [2.24, 2.45) is 0 Å². The average molecular weight is 274 g/mol. The molecule has 0 heterocycles. The highest BCUT2D eigenvalue weighted by Gasteiger charge is 2.42. The van der Waals surface area contributed by atoms with E-state index in [4.69, 9.17) is 0 Å². The van der Waals surface area contributed by atoms with Crippen molar-refractivity contribution < 1.29 is 5.11 Å². The van der Waals surface area contributed by atoms with E-state index in [1.54, 1.807) is 0 Å². The molecule has 0 amide bonds. The Balaban J connectivity index is 2.48. The molecule has 0 aromatic rings. The summed E-state index contributed by atoms with van der Waals surface area (Å²) in [6, 6.07) is 0. The van der Waals surface area contributed by atoms with Crippen molar-refractivity contribution in [2.45, 2.75) is 58.9 Å². The third kappa shape index (κ3) is 2.32. The van der Waals surface area contributed by atoms with Crippen LogP contribution in [0, 0.1) is 0 Å². The molecule has 0 aromatic carbocycles. The molecule has 0 fully saturated rings. The van der Waals surface area contributed by atoms with Gasteiger partial charge in [-0.2, -0.15) is 0 Å². The standard InChI is InChI=1S/C17H26OSi/c1-11-7-13(3)15(9-11)17(18,19(5)6)16-10-12(2)8-14(16)4/h7-8,18-19H,9-10H2,1-6H3. The first-order valence-corrected chi connectivity index (χ1v) is 10.1. The van der Waals surface area contributed by atoms with Gasteiger partial charge in [0.2, 0.25) is 0 Å². The molecule has 2 aliphatic carbocycles. The van der Waals surface area contributed by atoms with Crippen LogP contribution in [-0.2, 0) is 0 Å². The van der Waals surface area contributed by atoms with E-state index < -0.39 is 14.0 Å². The van der Waals surface area contributed by atoms with Gasteiger partial charge in [-0.25, -0.2) is 0 Å². The Morgan fingerprint density at radius 1 is 0.895 bits per heavy atom. The van der Waals surface area contributed by atoms with E-state index >= 15 is 0 Å². The van der Waals surface area contributed by atoms with Gasteiger partial charge in [0, 0.05) is 0 Å². The largest absolute Gasteiger partial charge is 0.385 e. The van der Waals surface area contributed by atoms with E-state index in [-0.39, 0.29) is 0 Å². The van der Waals surface area contributed by atoms with Crippen molar-refractivity contribution in [3.8, 4) is 0 Å². The molecule has 0 radical (unpaired) electrons. The fourth-order valence-electron chi connectivity index (χ4n) is 3.60. The Morgan fingerprint density at radius 3 is 1.47 bits per heavy atom. The van der Waals surface area contributed by atoms with Crippen LogP contribution in [0.2, 0.25) is 13.1 Å². The second-order valence-electron chi connectivity index (χ2n) is 6.58. The topological polar surface area (TPSA) is 20.2 Å². The SMILES string of the molecule is CC1=CC(C)=C(C(O)(C2=C(C)C=C(C)C2)[SiH](C)C)C1. The van der Waals surface area contributed by atoms with Crippen LogP contribution in [0.1, 0.15) is 40.5 Å². The maximum Gasteiger partial charge on any atom is 0.0930 e. The van der Waals surface area contributed by atoms with Crippen LogP contribution in [-0.4, -0.2) is 19.1 Å². The molecule has 0 aliphatic heterocycles. The maximum atomic E-state index is 11.5. The predicted molar refractivity (Wildman–Crippen MR) is 86.0 cm³/mol. The van der Waals surface area contributed by atoms with Crippen LogP contribution < -0.4 is 0 Å². The molecule has 2 aliphatic rings. The molecule has 19 heavy (non-hydrogen) atoms. The van der Waals surface area contributed by atoms with E-state index in [1.807, 2.05) is 0 Å². The summed E-state index contributed by atoms with van der Waals surface area (Å²) in [5.41, 5.74) is 7.85. The summed E-state index contributed by atoms with van der Waals surface area (Å²) in [6.45, 7) is 13.2. The van der Waals surface area contributed by atoms with Gasteiger partial charge in [0.1, 0.15) is 0 Å². The highest BCUT2D eigenvalue weighted by Crippen LogP contribution is 2.44. The first-order valence-electron chi connectivity index (χ1n) is 7.24. The van der Waals surface area contributed by atoms with Crippen molar-refractivity contribution in [2.75, 3.05) is 0 Å². The lowest BCUT2D eigenvalue weighted by Gasteiger charge is -2.37. The fourth-order valence-corrected chi connectivity index (χ4v) is 5.66. The molecule has 0 saturated heterocycles. The molecule has 0 saturated carbocycles. The van der Waals surface area contributed by atoms with Crippen LogP contribution in [0.5, 0.6) is 0 Å². The highest BCUT2D eigenvalue weighted by atomic mass is 28.3. The predicted octanol–water partition coefficient (Wildman–Crippen LogP) is 4.08. The molecule has 104 valence electrons. The third-order valence-corrected chi connectivity index (χ3v) is 6.91. The van der Waals surface area contributed by atoms with Gasteiger partial charge in [-0.05, 0) is 62.8 Å². The van der Waals surface area contributed by atoms with Crippen LogP contribution >= 0.6 is 0 Å². The normalized spacial score (nSPS) is 20.6. The van der Waals surface area contributed by atoms with E-state index in [0.717, 1.165) is 12.8 Å². The molecular formula is C17H26OSi. The van der Waals surface area contributed by atoms with Crippen LogP contribution in [0.25, 0.3) is 0 Å². The fraction of sp³-hybridized carbons (Fsp3) is 0.529. The molecule has 0 atom stereocenters. The molecule has 0 aromatic heterocycles. The summed E-state index contributed by atoms with van der Waals surface area (Å²) in [6.07, 6.45) is 6.37. The Labute approximate surface area is 119 Å². The van der Waals surface area contributed by atoms with E-state index in [1.165, 1.54) is 33.4 Å². The summed E-state index contributed by atoms with van der Waals surface area (Å²) < 4.78 is 0. The molecule has 0 spiro atoms. The third-order valence-electron chi connectivity index (χ3n) is 4.54. The zero-order valence-corrected chi connectivity index (χ0v) is 14.2. The summed E-state index contributed by atoms with van der Waals surface area (Å²) in [7, 11) is -1.27. The van der Waals surface area contributed by atoms with E-state index in [9.17, 15) is 5.11 Å². The lowest BCUT2D eigenvalue weighted by molar-refractivity contribution is 0.189. The summed E-state index contributed by atoms with van der Waals surface area (Å²) in [4.78, 5) is 0. The lowest BCUT2D eigenvalue weighted by atomic mass is 9.93. The number of allylic oxidation sites excluding steroid dienone is 6. The molecule has 2 rings (SSSR count). The number of hydrogen-bond donors (Lipinski definition) is 1. The number of aliphatic hydroxyl groups is 1. The number of rotatable bonds is 3. The van der Waals surface area contributed by atoms with Gasteiger partial charge >= 0.3 is 0 Å². The van der Waals surface area contributed by atoms with Crippen LogP contribution in [0.4, 0.5) is 0 Å². The Morgan fingerprint density at radius 2 is 1.26 bits per heavy atom. The molecule has 0 unspecified atom stereocenters.